The van der Waals surface area contributed by atoms with E-state index < -0.39 is 0 Å². The third-order valence-corrected chi connectivity index (χ3v) is 3.23. The molecule has 1 aromatic carbocycles. The molecular weight excluding hydrogens is 248 g/mol. The molecule has 0 aliphatic heterocycles. The third-order valence-electron chi connectivity index (χ3n) is 2.88. The minimum Gasteiger partial charge on any atom is -0.370 e. The lowest BCUT2D eigenvalue weighted by Gasteiger charge is -2.19. The van der Waals surface area contributed by atoms with Crippen molar-refractivity contribution >= 4 is 17.3 Å². The first kappa shape index (κ1) is 12.9. The van der Waals surface area contributed by atoms with Crippen molar-refractivity contribution in [1.29, 1.82) is 0 Å². The van der Waals surface area contributed by atoms with E-state index in [2.05, 4.69) is 10.00 Å². The van der Waals surface area contributed by atoms with Crippen LogP contribution in [0.1, 0.15) is 11.1 Å². The second-order valence-electron chi connectivity index (χ2n) is 4.36. The lowest BCUT2D eigenvalue weighted by molar-refractivity contribution is 0.766. The highest BCUT2D eigenvalue weighted by Gasteiger charge is 2.06. The van der Waals surface area contributed by atoms with Crippen molar-refractivity contribution in [2.75, 3.05) is 11.9 Å². The van der Waals surface area contributed by atoms with E-state index in [0.717, 1.165) is 17.8 Å². The molecular formula is C13H17ClN4. The maximum absolute atomic E-state index is 6.16. The zero-order chi connectivity index (χ0) is 13.1. The second-order valence-corrected chi connectivity index (χ2v) is 4.77. The average molecular weight is 265 g/mol. The second kappa shape index (κ2) is 5.42. The van der Waals surface area contributed by atoms with Gasteiger partial charge >= 0.3 is 0 Å². The highest BCUT2D eigenvalue weighted by molar-refractivity contribution is 6.31. The predicted molar refractivity (Wildman–Crippen MR) is 74.7 cm³/mol. The van der Waals surface area contributed by atoms with Gasteiger partial charge in [-0.15, -0.1) is 0 Å². The molecule has 0 fully saturated rings. The van der Waals surface area contributed by atoms with Crippen LogP contribution in [-0.2, 0) is 20.1 Å². The number of nitrogens with zero attached hydrogens (tertiary/aromatic N) is 3. The zero-order valence-corrected chi connectivity index (χ0v) is 11.4. The van der Waals surface area contributed by atoms with Crippen molar-refractivity contribution in [3.8, 4) is 0 Å². The molecule has 0 unspecified atom stereocenters. The number of aryl methyl sites for hydroxylation is 1. The first-order valence-electron chi connectivity index (χ1n) is 5.77. The summed E-state index contributed by atoms with van der Waals surface area (Å²) in [6.45, 7) is 1.26. The first-order chi connectivity index (χ1) is 8.60. The maximum atomic E-state index is 6.16. The molecule has 1 aromatic heterocycles. The molecule has 0 spiro atoms. The van der Waals surface area contributed by atoms with Crippen LogP contribution in [0.15, 0.2) is 30.6 Å². The van der Waals surface area contributed by atoms with Gasteiger partial charge in [0.25, 0.3) is 0 Å². The molecule has 96 valence electrons. The number of hydrogen-bond acceptors (Lipinski definition) is 3. The summed E-state index contributed by atoms with van der Waals surface area (Å²) in [5, 5.41) is 4.87. The van der Waals surface area contributed by atoms with Gasteiger partial charge in [0, 0.05) is 49.7 Å². The fourth-order valence-corrected chi connectivity index (χ4v) is 2.11. The van der Waals surface area contributed by atoms with E-state index in [1.165, 1.54) is 5.56 Å². The fourth-order valence-electron chi connectivity index (χ4n) is 1.86. The van der Waals surface area contributed by atoms with E-state index in [-0.39, 0.29) is 0 Å². The zero-order valence-electron chi connectivity index (χ0n) is 10.6. The van der Waals surface area contributed by atoms with E-state index in [0.29, 0.717) is 11.6 Å². The summed E-state index contributed by atoms with van der Waals surface area (Å²) >= 11 is 6.16. The van der Waals surface area contributed by atoms with Crippen LogP contribution in [0.25, 0.3) is 0 Å². The number of rotatable bonds is 4. The maximum Gasteiger partial charge on any atom is 0.0539 e. The number of hydrogen-bond donors (Lipinski definition) is 1. The van der Waals surface area contributed by atoms with Crippen molar-refractivity contribution in [2.45, 2.75) is 13.1 Å². The topological polar surface area (TPSA) is 47.1 Å². The standard InChI is InChI=1S/C13H17ClN4/c1-17(8-10-7-16-18(2)9-10)12-4-3-11(6-15)13(14)5-12/h3-5,7,9H,6,8,15H2,1-2H3. The Morgan fingerprint density at radius 1 is 1.44 bits per heavy atom. The minimum absolute atomic E-state index is 0.464. The molecule has 0 saturated heterocycles. The Morgan fingerprint density at radius 3 is 2.78 bits per heavy atom. The van der Waals surface area contributed by atoms with Gasteiger partial charge in [-0.05, 0) is 17.7 Å². The largest absolute Gasteiger partial charge is 0.370 e. The van der Waals surface area contributed by atoms with Crippen molar-refractivity contribution < 1.29 is 0 Å². The van der Waals surface area contributed by atoms with Crippen molar-refractivity contribution in [1.82, 2.24) is 9.78 Å². The quantitative estimate of drug-likeness (QED) is 0.921. The number of halogens is 1. The van der Waals surface area contributed by atoms with Gasteiger partial charge < -0.3 is 10.6 Å². The molecule has 0 atom stereocenters. The van der Waals surface area contributed by atoms with Crippen LogP contribution >= 0.6 is 11.6 Å². The van der Waals surface area contributed by atoms with Gasteiger partial charge in [0.15, 0.2) is 0 Å². The molecule has 0 saturated carbocycles. The van der Waals surface area contributed by atoms with Crippen LogP contribution in [0.5, 0.6) is 0 Å². The SMILES string of the molecule is CN(Cc1cnn(C)c1)c1ccc(CN)c(Cl)c1. The number of aromatic nitrogens is 2. The van der Waals surface area contributed by atoms with Crippen LogP contribution in [0.3, 0.4) is 0 Å². The van der Waals surface area contributed by atoms with Crippen molar-refractivity contribution in [2.24, 2.45) is 12.8 Å². The smallest absolute Gasteiger partial charge is 0.0539 e. The Balaban J connectivity index is 2.13. The number of nitrogens with two attached hydrogens (primary N) is 1. The molecule has 2 rings (SSSR count). The van der Waals surface area contributed by atoms with Crippen LogP contribution in [0, 0.1) is 0 Å². The normalized spacial score (nSPS) is 10.7. The van der Waals surface area contributed by atoms with E-state index in [1.54, 1.807) is 4.68 Å². The average Bonchev–Trinajstić information content (AvgIpc) is 2.74. The molecule has 5 heteroatoms. The molecule has 0 radical (unpaired) electrons. The Labute approximate surface area is 112 Å². The first-order valence-corrected chi connectivity index (χ1v) is 6.15. The minimum atomic E-state index is 0.464. The summed E-state index contributed by atoms with van der Waals surface area (Å²) in [4.78, 5) is 2.13. The Hall–Kier alpha value is -1.52. The van der Waals surface area contributed by atoms with Crippen LogP contribution in [0.4, 0.5) is 5.69 Å². The lowest BCUT2D eigenvalue weighted by atomic mass is 10.2. The molecule has 4 nitrogen and oxygen atoms in total. The van der Waals surface area contributed by atoms with Gasteiger partial charge in [0.2, 0.25) is 0 Å². The Morgan fingerprint density at radius 2 is 2.22 bits per heavy atom. The molecule has 2 aromatic rings. The summed E-state index contributed by atoms with van der Waals surface area (Å²) in [6.07, 6.45) is 3.87. The van der Waals surface area contributed by atoms with Gasteiger partial charge in [0.1, 0.15) is 0 Å². The molecule has 2 N–H and O–H groups in total. The van der Waals surface area contributed by atoms with E-state index in [4.69, 9.17) is 17.3 Å². The number of benzene rings is 1. The van der Waals surface area contributed by atoms with Gasteiger partial charge in [-0.1, -0.05) is 17.7 Å². The summed E-state index contributed by atoms with van der Waals surface area (Å²) in [5.74, 6) is 0. The van der Waals surface area contributed by atoms with E-state index in [1.807, 2.05) is 44.7 Å². The summed E-state index contributed by atoms with van der Waals surface area (Å²) in [6, 6.07) is 5.95. The molecule has 1 heterocycles. The van der Waals surface area contributed by atoms with Crippen LogP contribution in [0.2, 0.25) is 5.02 Å². The summed E-state index contributed by atoms with van der Waals surface area (Å²) in [5.41, 5.74) is 8.80. The molecule has 0 amide bonds. The lowest BCUT2D eigenvalue weighted by Crippen LogP contribution is -2.16. The summed E-state index contributed by atoms with van der Waals surface area (Å²) < 4.78 is 1.80. The monoisotopic (exact) mass is 264 g/mol. The highest BCUT2D eigenvalue weighted by Crippen LogP contribution is 2.23. The van der Waals surface area contributed by atoms with Crippen molar-refractivity contribution in [3.05, 3.63) is 46.7 Å². The summed E-state index contributed by atoms with van der Waals surface area (Å²) in [7, 11) is 3.94. The molecule has 18 heavy (non-hydrogen) atoms. The van der Waals surface area contributed by atoms with Crippen LogP contribution in [-0.4, -0.2) is 16.8 Å². The third kappa shape index (κ3) is 2.83. The molecule has 0 aliphatic rings. The molecule has 0 aliphatic carbocycles. The van der Waals surface area contributed by atoms with Crippen molar-refractivity contribution in [3.63, 3.8) is 0 Å². The van der Waals surface area contributed by atoms with Gasteiger partial charge in [-0.3, -0.25) is 4.68 Å². The number of anilines is 1. The van der Waals surface area contributed by atoms with E-state index in [9.17, 15) is 0 Å². The van der Waals surface area contributed by atoms with E-state index >= 15 is 0 Å². The Kier molecular flexibility index (Phi) is 3.89. The molecule has 0 bridgehead atoms. The highest BCUT2D eigenvalue weighted by atomic mass is 35.5. The van der Waals surface area contributed by atoms with Gasteiger partial charge in [-0.25, -0.2) is 0 Å². The van der Waals surface area contributed by atoms with Crippen LogP contribution < -0.4 is 10.6 Å². The van der Waals surface area contributed by atoms with Gasteiger partial charge in [0.05, 0.1) is 6.20 Å². The predicted octanol–water partition coefficient (Wildman–Crippen LogP) is 2.17. The van der Waals surface area contributed by atoms with Gasteiger partial charge in [-0.2, -0.15) is 5.10 Å². The fraction of sp³-hybridized carbons (Fsp3) is 0.308. The Bertz CT molecular complexity index is 536.